The summed E-state index contributed by atoms with van der Waals surface area (Å²) in [5.74, 6) is -2.24. The molecule has 10 heteroatoms. The van der Waals surface area contributed by atoms with E-state index < -0.39 is 35.8 Å². The number of ether oxygens (including phenoxy) is 1. The number of amides is 5. The van der Waals surface area contributed by atoms with Crippen molar-refractivity contribution in [3.63, 3.8) is 0 Å². The van der Waals surface area contributed by atoms with Crippen molar-refractivity contribution in [1.82, 2.24) is 15.5 Å². The lowest BCUT2D eigenvalue weighted by molar-refractivity contribution is -0.154. The highest BCUT2D eigenvalue weighted by atomic mass is 79.9. The number of esters is 1. The second-order valence-corrected chi connectivity index (χ2v) is 7.72. The van der Waals surface area contributed by atoms with Crippen LogP contribution in [0.15, 0.2) is 22.7 Å². The van der Waals surface area contributed by atoms with Gasteiger partial charge in [-0.15, -0.1) is 0 Å². The standard InChI is InChI=1S/C19H22BrN3O6/c1-10(2)21-19(28)22-16(25)11(3)29-15(24)5-4-8-23-17(26)13-7-6-12(20)9-14(13)18(23)27/h6-7,9-11H,4-5,8H2,1-3H3,(H2,21,22,25,28). The lowest BCUT2D eigenvalue weighted by Crippen LogP contribution is -2.46. The fourth-order valence-electron chi connectivity index (χ4n) is 2.67. The van der Waals surface area contributed by atoms with E-state index in [9.17, 15) is 24.0 Å². The molecule has 0 saturated heterocycles. The number of nitrogens with one attached hydrogen (secondary N) is 2. The van der Waals surface area contributed by atoms with Crippen LogP contribution in [0.3, 0.4) is 0 Å². The molecule has 1 aliphatic rings. The number of hydrogen-bond donors (Lipinski definition) is 2. The van der Waals surface area contributed by atoms with Gasteiger partial charge in [0.15, 0.2) is 6.10 Å². The summed E-state index contributed by atoms with van der Waals surface area (Å²) < 4.78 is 5.68. The molecule has 0 spiro atoms. The average molecular weight is 468 g/mol. The Labute approximate surface area is 176 Å². The Bertz CT molecular complexity index is 854. The molecule has 5 amide bonds. The number of fused-ring (bicyclic) bond motifs is 1. The number of nitrogens with zero attached hydrogens (tertiary/aromatic N) is 1. The zero-order valence-electron chi connectivity index (χ0n) is 16.3. The summed E-state index contributed by atoms with van der Waals surface area (Å²) in [6.45, 7) is 4.87. The number of halogens is 1. The van der Waals surface area contributed by atoms with Gasteiger partial charge < -0.3 is 10.1 Å². The van der Waals surface area contributed by atoms with Crippen molar-refractivity contribution in [3.05, 3.63) is 33.8 Å². The van der Waals surface area contributed by atoms with Gasteiger partial charge in [0.2, 0.25) is 0 Å². The summed E-state index contributed by atoms with van der Waals surface area (Å²) in [5.41, 5.74) is 0.641. The number of urea groups is 1. The van der Waals surface area contributed by atoms with Crippen molar-refractivity contribution in [1.29, 1.82) is 0 Å². The van der Waals surface area contributed by atoms with Gasteiger partial charge in [-0.25, -0.2) is 4.79 Å². The van der Waals surface area contributed by atoms with Crippen LogP contribution in [0.1, 0.15) is 54.3 Å². The molecule has 156 valence electrons. The number of carbonyl (C=O) groups is 5. The van der Waals surface area contributed by atoms with E-state index in [4.69, 9.17) is 4.74 Å². The lowest BCUT2D eigenvalue weighted by atomic mass is 10.1. The van der Waals surface area contributed by atoms with Gasteiger partial charge in [-0.05, 0) is 45.4 Å². The normalized spacial score (nSPS) is 13.9. The molecular formula is C19H22BrN3O6. The first-order chi connectivity index (χ1) is 13.6. The molecule has 0 aliphatic carbocycles. The molecule has 0 fully saturated rings. The van der Waals surface area contributed by atoms with E-state index in [0.717, 1.165) is 4.90 Å². The summed E-state index contributed by atoms with van der Waals surface area (Å²) in [7, 11) is 0. The van der Waals surface area contributed by atoms with Gasteiger partial charge in [0.05, 0.1) is 11.1 Å². The molecule has 29 heavy (non-hydrogen) atoms. The van der Waals surface area contributed by atoms with E-state index in [-0.39, 0.29) is 25.4 Å². The van der Waals surface area contributed by atoms with Crippen LogP contribution in [0.25, 0.3) is 0 Å². The molecule has 0 aromatic heterocycles. The minimum atomic E-state index is -1.16. The van der Waals surface area contributed by atoms with Crippen molar-refractivity contribution >= 4 is 45.7 Å². The Morgan fingerprint density at radius 1 is 1.10 bits per heavy atom. The van der Waals surface area contributed by atoms with Crippen LogP contribution >= 0.6 is 15.9 Å². The second kappa shape index (κ2) is 9.64. The molecule has 1 aliphatic heterocycles. The Hall–Kier alpha value is -2.75. The first kappa shape index (κ1) is 22.5. The highest BCUT2D eigenvalue weighted by Crippen LogP contribution is 2.26. The van der Waals surface area contributed by atoms with Crippen molar-refractivity contribution < 1.29 is 28.7 Å². The van der Waals surface area contributed by atoms with E-state index in [2.05, 4.69) is 26.6 Å². The van der Waals surface area contributed by atoms with Crippen LogP contribution in [0.4, 0.5) is 4.79 Å². The summed E-state index contributed by atoms with van der Waals surface area (Å²) in [6, 6.07) is 4.01. The molecule has 0 saturated carbocycles. The Balaban J connectivity index is 1.79. The maximum Gasteiger partial charge on any atom is 0.321 e. The van der Waals surface area contributed by atoms with E-state index in [1.54, 1.807) is 32.0 Å². The molecule has 9 nitrogen and oxygen atoms in total. The zero-order valence-corrected chi connectivity index (χ0v) is 17.9. The monoisotopic (exact) mass is 467 g/mol. The predicted octanol–water partition coefficient (Wildman–Crippen LogP) is 1.99. The number of hydrogen-bond acceptors (Lipinski definition) is 6. The molecule has 0 radical (unpaired) electrons. The first-order valence-corrected chi connectivity index (χ1v) is 9.86. The van der Waals surface area contributed by atoms with Gasteiger partial charge in [0.1, 0.15) is 0 Å². The molecule has 1 atom stereocenters. The van der Waals surface area contributed by atoms with E-state index in [1.807, 2.05) is 0 Å². The van der Waals surface area contributed by atoms with Gasteiger partial charge in [-0.2, -0.15) is 0 Å². The lowest BCUT2D eigenvalue weighted by Gasteiger charge is -2.15. The summed E-state index contributed by atoms with van der Waals surface area (Å²) in [6.07, 6.45) is -1.06. The number of imide groups is 2. The Morgan fingerprint density at radius 3 is 2.41 bits per heavy atom. The SMILES string of the molecule is CC(C)NC(=O)NC(=O)C(C)OC(=O)CCCN1C(=O)c2ccc(Br)cc2C1=O. The van der Waals surface area contributed by atoms with Crippen LogP contribution in [-0.4, -0.2) is 53.3 Å². The van der Waals surface area contributed by atoms with Gasteiger partial charge >= 0.3 is 12.0 Å². The molecule has 2 N–H and O–H groups in total. The quantitative estimate of drug-likeness (QED) is 0.466. The first-order valence-electron chi connectivity index (χ1n) is 9.06. The minimum Gasteiger partial charge on any atom is -0.453 e. The third-order valence-electron chi connectivity index (χ3n) is 4.03. The van der Waals surface area contributed by atoms with Crippen LogP contribution in [-0.2, 0) is 14.3 Å². The van der Waals surface area contributed by atoms with Gasteiger partial charge in [0, 0.05) is 23.5 Å². The number of rotatable bonds is 7. The molecule has 1 unspecified atom stereocenters. The van der Waals surface area contributed by atoms with Gasteiger partial charge in [-0.3, -0.25) is 29.4 Å². The topological polar surface area (TPSA) is 122 Å². The third kappa shape index (κ3) is 5.86. The van der Waals surface area contributed by atoms with Crippen LogP contribution in [0.2, 0.25) is 0 Å². The smallest absolute Gasteiger partial charge is 0.321 e. The number of benzene rings is 1. The maximum atomic E-state index is 12.4. The van der Waals surface area contributed by atoms with Crippen LogP contribution in [0, 0.1) is 0 Å². The largest absolute Gasteiger partial charge is 0.453 e. The second-order valence-electron chi connectivity index (χ2n) is 6.80. The highest BCUT2D eigenvalue weighted by Gasteiger charge is 2.35. The van der Waals surface area contributed by atoms with Crippen molar-refractivity contribution in [2.24, 2.45) is 0 Å². The van der Waals surface area contributed by atoms with Crippen molar-refractivity contribution in [2.45, 2.75) is 45.8 Å². The zero-order chi connectivity index (χ0) is 21.7. The van der Waals surface area contributed by atoms with E-state index in [1.165, 1.54) is 6.92 Å². The highest BCUT2D eigenvalue weighted by molar-refractivity contribution is 9.10. The molecule has 2 rings (SSSR count). The Morgan fingerprint density at radius 2 is 1.76 bits per heavy atom. The number of carbonyl (C=O) groups excluding carboxylic acids is 5. The van der Waals surface area contributed by atoms with Crippen LogP contribution in [0.5, 0.6) is 0 Å². The van der Waals surface area contributed by atoms with Gasteiger partial charge in [0.25, 0.3) is 17.7 Å². The average Bonchev–Trinajstić information content (AvgIpc) is 2.85. The van der Waals surface area contributed by atoms with Crippen molar-refractivity contribution in [3.8, 4) is 0 Å². The fraction of sp³-hybridized carbons (Fsp3) is 0.421. The maximum absolute atomic E-state index is 12.4. The van der Waals surface area contributed by atoms with Crippen LogP contribution < -0.4 is 10.6 Å². The van der Waals surface area contributed by atoms with E-state index in [0.29, 0.717) is 15.6 Å². The third-order valence-corrected chi connectivity index (χ3v) is 4.52. The molecule has 1 aromatic carbocycles. The van der Waals surface area contributed by atoms with Crippen molar-refractivity contribution in [2.75, 3.05) is 6.54 Å². The Kier molecular flexibility index (Phi) is 7.49. The summed E-state index contributed by atoms with van der Waals surface area (Å²) >= 11 is 3.26. The van der Waals surface area contributed by atoms with E-state index >= 15 is 0 Å². The fourth-order valence-corrected chi connectivity index (χ4v) is 3.03. The molecular weight excluding hydrogens is 446 g/mol. The molecule has 0 bridgehead atoms. The van der Waals surface area contributed by atoms with Gasteiger partial charge in [-0.1, -0.05) is 15.9 Å². The minimum absolute atomic E-state index is 0.0520. The summed E-state index contributed by atoms with van der Waals surface area (Å²) in [4.78, 5) is 61.0. The molecule has 1 heterocycles. The predicted molar refractivity (Wildman–Crippen MR) is 106 cm³/mol. The molecule has 1 aromatic rings. The summed E-state index contributed by atoms with van der Waals surface area (Å²) in [5, 5.41) is 4.56.